The summed E-state index contributed by atoms with van der Waals surface area (Å²) in [6, 6.07) is 12.7. The van der Waals surface area contributed by atoms with E-state index in [2.05, 4.69) is 0 Å². The second-order valence-electron chi connectivity index (χ2n) is 4.88. The Balaban J connectivity index is 2.01. The quantitative estimate of drug-likeness (QED) is 0.884. The Kier molecular flexibility index (Phi) is 3.42. The lowest BCUT2D eigenvalue weighted by atomic mass is 10.1. The fraction of sp³-hybridized carbons (Fsp3) is 0.125. The van der Waals surface area contributed by atoms with Crippen LogP contribution in [0, 0.1) is 0 Å². The molecule has 0 spiro atoms. The topological polar surface area (TPSA) is 87.1 Å². The van der Waals surface area contributed by atoms with Crippen molar-refractivity contribution >= 4 is 17.6 Å². The van der Waals surface area contributed by atoms with Crippen LogP contribution < -0.4 is 9.64 Å². The second kappa shape index (κ2) is 5.40. The van der Waals surface area contributed by atoms with Gasteiger partial charge in [-0.05, 0) is 30.3 Å². The molecule has 0 aromatic heterocycles. The number of phenolic OH excluding ortho intramolecular Hbond substituents is 1. The van der Waals surface area contributed by atoms with Crippen LogP contribution in [-0.4, -0.2) is 34.7 Å². The third-order valence-corrected chi connectivity index (χ3v) is 3.39. The summed E-state index contributed by atoms with van der Waals surface area (Å²) in [4.78, 5) is 25.2. The molecule has 1 aliphatic heterocycles. The van der Waals surface area contributed by atoms with E-state index in [0.29, 0.717) is 11.4 Å². The molecule has 1 heterocycles. The van der Waals surface area contributed by atoms with Crippen LogP contribution in [0.25, 0.3) is 0 Å². The van der Waals surface area contributed by atoms with Gasteiger partial charge in [0, 0.05) is 5.56 Å². The average molecular weight is 299 g/mol. The molecule has 0 fully saturated rings. The Labute approximate surface area is 126 Å². The molecular weight excluding hydrogens is 286 g/mol. The number of hydrogen-bond donors (Lipinski definition) is 2. The van der Waals surface area contributed by atoms with Gasteiger partial charge in [-0.25, -0.2) is 4.79 Å². The summed E-state index contributed by atoms with van der Waals surface area (Å²) >= 11 is 0. The molecule has 6 heteroatoms. The third-order valence-electron chi connectivity index (χ3n) is 3.39. The summed E-state index contributed by atoms with van der Waals surface area (Å²) in [5.41, 5.74) is 0.786. The van der Waals surface area contributed by atoms with Crippen LogP contribution >= 0.6 is 0 Å². The molecule has 0 saturated carbocycles. The van der Waals surface area contributed by atoms with Gasteiger partial charge in [0.05, 0.1) is 12.2 Å². The Morgan fingerprint density at radius 2 is 1.91 bits per heavy atom. The molecule has 3 rings (SSSR count). The van der Waals surface area contributed by atoms with E-state index in [4.69, 9.17) is 4.74 Å². The zero-order valence-electron chi connectivity index (χ0n) is 11.5. The van der Waals surface area contributed by atoms with E-state index >= 15 is 0 Å². The maximum Gasteiger partial charge on any atom is 0.346 e. The standard InChI is InChI=1S/C16H13NO5/c18-11-5-3-4-10(8-11)15(19)17-9-14(16(20)21)22-13-7-2-1-6-12(13)17/h1-8,14,18H,9H2,(H,20,21). The lowest BCUT2D eigenvalue weighted by Crippen LogP contribution is -2.47. The predicted molar refractivity (Wildman–Crippen MR) is 78.3 cm³/mol. The van der Waals surface area contributed by atoms with Gasteiger partial charge in [-0.2, -0.15) is 0 Å². The normalized spacial score (nSPS) is 16.5. The molecule has 22 heavy (non-hydrogen) atoms. The minimum Gasteiger partial charge on any atom is -0.508 e. The van der Waals surface area contributed by atoms with E-state index in [1.807, 2.05) is 0 Å². The summed E-state index contributed by atoms with van der Waals surface area (Å²) < 4.78 is 5.39. The average Bonchev–Trinajstić information content (AvgIpc) is 2.53. The largest absolute Gasteiger partial charge is 0.508 e. The van der Waals surface area contributed by atoms with Crippen molar-refractivity contribution in [1.82, 2.24) is 0 Å². The molecule has 1 atom stereocenters. The van der Waals surface area contributed by atoms with Crippen LogP contribution in [-0.2, 0) is 4.79 Å². The summed E-state index contributed by atoms with van der Waals surface area (Å²) in [7, 11) is 0. The summed E-state index contributed by atoms with van der Waals surface area (Å²) in [6.45, 7) is -0.0964. The monoisotopic (exact) mass is 299 g/mol. The van der Waals surface area contributed by atoms with Gasteiger partial charge < -0.3 is 19.8 Å². The van der Waals surface area contributed by atoms with Crippen LogP contribution in [0.15, 0.2) is 48.5 Å². The Bertz CT molecular complexity index is 743. The zero-order chi connectivity index (χ0) is 15.7. The van der Waals surface area contributed by atoms with Crippen molar-refractivity contribution in [3.05, 3.63) is 54.1 Å². The van der Waals surface area contributed by atoms with Gasteiger partial charge in [0.25, 0.3) is 5.91 Å². The number of carbonyl (C=O) groups is 2. The van der Waals surface area contributed by atoms with Gasteiger partial charge in [-0.3, -0.25) is 4.79 Å². The van der Waals surface area contributed by atoms with E-state index < -0.39 is 18.0 Å². The molecule has 1 aliphatic rings. The summed E-state index contributed by atoms with van der Waals surface area (Å²) in [5.74, 6) is -1.21. The van der Waals surface area contributed by atoms with Crippen LogP contribution in [0.4, 0.5) is 5.69 Å². The molecule has 0 aliphatic carbocycles. The Hall–Kier alpha value is -3.02. The molecule has 1 unspecified atom stereocenters. The Morgan fingerprint density at radius 1 is 1.14 bits per heavy atom. The third kappa shape index (κ3) is 2.46. The molecule has 1 amide bonds. The first kappa shape index (κ1) is 13.9. The number of aliphatic carboxylic acids is 1. The number of para-hydroxylation sites is 2. The number of ether oxygens (including phenoxy) is 1. The van der Waals surface area contributed by atoms with Gasteiger partial charge >= 0.3 is 5.97 Å². The van der Waals surface area contributed by atoms with Crippen molar-refractivity contribution in [3.8, 4) is 11.5 Å². The van der Waals surface area contributed by atoms with Gasteiger partial charge in [0.1, 0.15) is 11.5 Å². The predicted octanol–water partition coefficient (Wildman–Crippen LogP) is 1.88. The maximum absolute atomic E-state index is 12.6. The number of fused-ring (bicyclic) bond motifs is 1. The SMILES string of the molecule is O=C(O)C1CN(C(=O)c2cccc(O)c2)c2ccccc2O1. The van der Waals surface area contributed by atoms with Crippen molar-refractivity contribution in [2.24, 2.45) is 0 Å². The van der Waals surface area contributed by atoms with E-state index in [0.717, 1.165) is 0 Å². The van der Waals surface area contributed by atoms with Crippen molar-refractivity contribution in [3.63, 3.8) is 0 Å². The molecule has 2 N–H and O–H groups in total. The summed E-state index contributed by atoms with van der Waals surface area (Å²) in [5, 5.41) is 18.7. The number of benzene rings is 2. The molecule has 0 radical (unpaired) electrons. The van der Waals surface area contributed by atoms with Crippen LogP contribution in [0.5, 0.6) is 11.5 Å². The molecule has 2 aromatic carbocycles. The highest BCUT2D eigenvalue weighted by molar-refractivity contribution is 6.07. The van der Waals surface area contributed by atoms with Gasteiger partial charge in [-0.15, -0.1) is 0 Å². The second-order valence-corrected chi connectivity index (χ2v) is 4.88. The first-order valence-electron chi connectivity index (χ1n) is 6.65. The zero-order valence-corrected chi connectivity index (χ0v) is 11.5. The smallest absolute Gasteiger partial charge is 0.346 e. The fourth-order valence-corrected chi connectivity index (χ4v) is 2.35. The highest BCUT2D eigenvalue weighted by Crippen LogP contribution is 2.34. The van der Waals surface area contributed by atoms with Gasteiger partial charge in [0.15, 0.2) is 0 Å². The first-order valence-corrected chi connectivity index (χ1v) is 6.65. The van der Waals surface area contributed by atoms with E-state index in [-0.39, 0.29) is 17.9 Å². The molecule has 6 nitrogen and oxygen atoms in total. The molecule has 0 saturated heterocycles. The highest BCUT2D eigenvalue weighted by Gasteiger charge is 2.34. The molecule has 2 aromatic rings. The van der Waals surface area contributed by atoms with Crippen molar-refractivity contribution in [2.75, 3.05) is 11.4 Å². The number of carboxylic acids is 1. The maximum atomic E-state index is 12.6. The first-order chi connectivity index (χ1) is 10.6. The molecule has 0 bridgehead atoms. The highest BCUT2D eigenvalue weighted by atomic mass is 16.5. The van der Waals surface area contributed by atoms with Crippen molar-refractivity contribution in [2.45, 2.75) is 6.10 Å². The van der Waals surface area contributed by atoms with Gasteiger partial charge in [-0.1, -0.05) is 18.2 Å². The fourth-order valence-electron chi connectivity index (χ4n) is 2.35. The van der Waals surface area contributed by atoms with Crippen LogP contribution in [0.3, 0.4) is 0 Å². The summed E-state index contributed by atoms with van der Waals surface area (Å²) in [6.07, 6.45) is -1.13. The minimum absolute atomic E-state index is 0.0258. The lowest BCUT2D eigenvalue weighted by molar-refractivity contribution is -0.144. The number of aromatic hydroxyl groups is 1. The molecule has 112 valence electrons. The van der Waals surface area contributed by atoms with E-state index in [9.17, 15) is 19.8 Å². The van der Waals surface area contributed by atoms with E-state index in [1.165, 1.54) is 17.0 Å². The number of carbonyl (C=O) groups excluding carboxylic acids is 1. The van der Waals surface area contributed by atoms with Gasteiger partial charge in [0.2, 0.25) is 6.10 Å². The lowest BCUT2D eigenvalue weighted by Gasteiger charge is -2.33. The number of rotatable bonds is 2. The van der Waals surface area contributed by atoms with Crippen molar-refractivity contribution in [1.29, 1.82) is 0 Å². The minimum atomic E-state index is -1.14. The van der Waals surface area contributed by atoms with Crippen LogP contribution in [0.1, 0.15) is 10.4 Å². The van der Waals surface area contributed by atoms with Crippen LogP contribution in [0.2, 0.25) is 0 Å². The number of anilines is 1. The number of nitrogens with zero attached hydrogens (tertiary/aromatic N) is 1. The number of amides is 1. The van der Waals surface area contributed by atoms with E-state index in [1.54, 1.807) is 36.4 Å². The number of carboxylic acid groups (broad SMARTS) is 1. The molecular formula is C16H13NO5. The number of hydrogen-bond acceptors (Lipinski definition) is 4. The van der Waals surface area contributed by atoms with Crippen molar-refractivity contribution < 1.29 is 24.5 Å². The number of phenols is 1. The Morgan fingerprint density at radius 3 is 2.64 bits per heavy atom.